The van der Waals surface area contributed by atoms with Crippen LogP contribution in [0.4, 0.5) is 5.95 Å². The molecule has 13 heavy (non-hydrogen) atoms. The first-order valence-corrected chi connectivity index (χ1v) is 4.61. The molecule has 1 aromatic heterocycles. The average molecular weight is 196 g/mol. The highest BCUT2D eigenvalue weighted by molar-refractivity contribution is 6.30. The summed E-state index contributed by atoms with van der Waals surface area (Å²) in [5, 5.41) is 0.580. The highest BCUT2D eigenvalue weighted by Gasteiger charge is 2.08. The molecule has 2 heterocycles. The lowest BCUT2D eigenvalue weighted by Crippen LogP contribution is -2.28. The van der Waals surface area contributed by atoms with E-state index in [0.717, 1.165) is 25.5 Å². The SMILES string of the molecule is Clc1cnc(N2CC=CCC2)nc1. The van der Waals surface area contributed by atoms with Gasteiger partial charge in [-0.15, -0.1) is 0 Å². The highest BCUT2D eigenvalue weighted by atomic mass is 35.5. The Hall–Kier alpha value is -1.09. The molecule has 0 unspecified atom stereocenters. The molecule has 0 amide bonds. The Bertz CT molecular complexity index is 307. The van der Waals surface area contributed by atoms with E-state index in [1.54, 1.807) is 12.4 Å². The van der Waals surface area contributed by atoms with E-state index in [2.05, 4.69) is 27.0 Å². The van der Waals surface area contributed by atoms with Gasteiger partial charge in [0.15, 0.2) is 0 Å². The van der Waals surface area contributed by atoms with Gasteiger partial charge < -0.3 is 4.90 Å². The third-order valence-electron chi connectivity index (χ3n) is 1.95. The first-order chi connectivity index (χ1) is 6.36. The number of aromatic nitrogens is 2. The molecule has 0 atom stereocenters. The predicted octanol–water partition coefficient (Wildman–Crippen LogP) is 1.90. The molecule has 0 saturated carbocycles. The van der Waals surface area contributed by atoms with E-state index >= 15 is 0 Å². The van der Waals surface area contributed by atoms with Gasteiger partial charge in [0.05, 0.1) is 17.4 Å². The van der Waals surface area contributed by atoms with Crippen molar-refractivity contribution in [2.75, 3.05) is 18.0 Å². The molecular weight excluding hydrogens is 186 g/mol. The highest BCUT2D eigenvalue weighted by Crippen LogP contribution is 2.12. The van der Waals surface area contributed by atoms with Crippen LogP contribution in [0, 0.1) is 0 Å². The van der Waals surface area contributed by atoms with Gasteiger partial charge in [-0.25, -0.2) is 9.97 Å². The lowest BCUT2D eigenvalue weighted by atomic mass is 10.3. The number of halogens is 1. The zero-order chi connectivity index (χ0) is 9.10. The minimum atomic E-state index is 0.580. The first kappa shape index (κ1) is 8.51. The zero-order valence-electron chi connectivity index (χ0n) is 7.15. The number of anilines is 1. The van der Waals surface area contributed by atoms with Gasteiger partial charge in [-0.3, -0.25) is 0 Å². The fourth-order valence-corrected chi connectivity index (χ4v) is 1.39. The topological polar surface area (TPSA) is 29.0 Å². The summed E-state index contributed by atoms with van der Waals surface area (Å²) < 4.78 is 0. The number of rotatable bonds is 1. The van der Waals surface area contributed by atoms with Gasteiger partial charge in [0, 0.05) is 13.1 Å². The molecule has 1 aliphatic heterocycles. The largest absolute Gasteiger partial charge is 0.337 e. The maximum absolute atomic E-state index is 5.69. The number of nitrogens with zero attached hydrogens (tertiary/aromatic N) is 3. The lowest BCUT2D eigenvalue weighted by Gasteiger charge is -2.22. The predicted molar refractivity (Wildman–Crippen MR) is 53.0 cm³/mol. The minimum absolute atomic E-state index is 0.580. The molecule has 0 aliphatic carbocycles. The Kier molecular flexibility index (Phi) is 2.45. The summed E-state index contributed by atoms with van der Waals surface area (Å²) in [5.41, 5.74) is 0. The third-order valence-corrected chi connectivity index (χ3v) is 2.14. The van der Waals surface area contributed by atoms with Gasteiger partial charge >= 0.3 is 0 Å². The fraction of sp³-hybridized carbons (Fsp3) is 0.333. The van der Waals surface area contributed by atoms with E-state index in [-0.39, 0.29) is 0 Å². The normalized spacial score (nSPS) is 16.2. The molecule has 0 spiro atoms. The Morgan fingerprint density at radius 3 is 2.62 bits per heavy atom. The van der Waals surface area contributed by atoms with Crippen LogP contribution in [0.15, 0.2) is 24.5 Å². The van der Waals surface area contributed by atoms with Crippen molar-refractivity contribution in [3.8, 4) is 0 Å². The van der Waals surface area contributed by atoms with Crippen molar-refractivity contribution in [1.29, 1.82) is 0 Å². The van der Waals surface area contributed by atoms with E-state index < -0.39 is 0 Å². The van der Waals surface area contributed by atoms with Crippen molar-refractivity contribution in [3.63, 3.8) is 0 Å². The van der Waals surface area contributed by atoms with Gasteiger partial charge in [0.1, 0.15) is 0 Å². The van der Waals surface area contributed by atoms with Crippen LogP contribution in [0.25, 0.3) is 0 Å². The van der Waals surface area contributed by atoms with E-state index in [4.69, 9.17) is 11.6 Å². The molecule has 0 bridgehead atoms. The maximum atomic E-state index is 5.69. The van der Waals surface area contributed by atoms with Crippen LogP contribution < -0.4 is 4.90 Å². The molecule has 68 valence electrons. The minimum Gasteiger partial charge on any atom is -0.337 e. The van der Waals surface area contributed by atoms with Crippen LogP contribution in [-0.4, -0.2) is 23.1 Å². The van der Waals surface area contributed by atoms with Gasteiger partial charge in [-0.05, 0) is 6.42 Å². The van der Waals surface area contributed by atoms with Crippen LogP contribution in [0.3, 0.4) is 0 Å². The molecule has 0 N–H and O–H groups in total. The number of hydrogen-bond acceptors (Lipinski definition) is 3. The van der Waals surface area contributed by atoms with Gasteiger partial charge in [0.2, 0.25) is 5.95 Å². The van der Waals surface area contributed by atoms with Crippen molar-refractivity contribution in [2.24, 2.45) is 0 Å². The molecule has 1 aliphatic rings. The van der Waals surface area contributed by atoms with Gasteiger partial charge in [0.25, 0.3) is 0 Å². The Labute approximate surface area is 82.1 Å². The van der Waals surface area contributed by atoms with E-state index in [1.807, 2.05) is 0 Å². The zero-order valence-corrected chi connectivity index (χ0v) is 7.91. The third kappa shape index (κ3) is 1.98. The summed E-state index contributed by atoms with van der Waals surface area (Å²) in [6, 6.07) is 0. The monoisotopic (exact) mass is 195 g/mol. The van der Waals surface area contributed by atoms with Crippen LogP contribution in [-0.2, 0) is 0 Å². The van der Waals surface area contributed by atoms with E-state index in [1.165, 1.54) is 0 Å². The lowest BCUT2D eigenvalue weighted by molar-refractivity contribution is 0.786. The van der Waals surface area contributed by atoms with Crippen LogP contribution in [0.5, 0.6) is 0 Å². The van der Waals surface area contributed by atoms with Crippen molar-refractivity contribution in [1.82, 2.24) is 9.97 Å². The van der Waals surface area contributed by atoms with Crippen LogP contribution >= 0.6 is 11.6 Å². The summed E-state index contributed by atoms with van der Waals surface area (Å²) in [4.78, 5) is 10.4. The summed E-state index contributed by atoms with van der Waals surface area (Å²) in [6.45, 7) is 1.87. The quantitative estimate of drug-likeness (QED) is 0.641. The summed E-state index contributed by atoms with van der Waals surface area (Å²) in [5.74, 6) is 0.758. The Morgan fingerprint density at radius 2 is 2.00 bits per heavy atom. The second-order valence-corrected chi connectivity index (χ2v) is 3.34. The molecule has 0 saturated heterocycles. The standard InChI is InChI=1S/C9H10ClN3/c10-8-6-11-9(12-7-8)13-4-2-1-3-5-13/h1-2,6-7H,3-5H2. The second-order valence-electron chi connectivity index (χ2n) is 2.91. The molecule has 2 rings (SSSR count). The molecular formula is C9H10ClN3. The first-order valence-electron chi connectivity index (χ1n) is 4.24. The van der Waals surface area contributed by atoms with E-state index in [9.17, 15) is 0 Å². The molecule has 0 fully saturated rings. The molecule has 4 heteroatoms. The van der Waals surface area contributed by atoms with Crippen molar-refractivity contribution in [2.45, 2.75) is 6.42 Å². The number of hydrogen-bond donors (Lipinski definition) is 0. The van der Waals surface area contributed by atoms with Crippen LogP contribution in [0.1, 0.15) is 6.42 Å². The Morgan fingerprint density at radius 1 is 1.23 bits per heavy atom. The van der Waals surface area contributed by atoms with Crippen LogP contribution in [0.2, 0.25) is 5.02 Å². The fourth-order valence-electron chi connectivity index (χ4n) is 1.29. The summed E-state index contributed by atoms with van der Waals surface area (Å²) >= 11 is 5.69. The summed E-state index contributed by atoms with van der Waals surface area (Å²) in [7, 11) is 0. The van der Waals surface area contributed by atoms with Gasteiger partial charge in [-0.2, -0.15) is 0 Å². The van der Waals surface area contributed by atoms with Crippen molar-refractivity contribution >= 4 is 17.5 Å². The second kappa shape index (κ2) is 3.75. The van der Waals surface area contributed by atoms with E-state index in [0.29, 0.717) is 5.02 Å². The van der Waals surface area contributed by atoms with Gasteiger partial charge in [-0.1, -0.05) is 23.8 Å². The smallest absolute Gasteiger partial charge is 0.225 e. The Balaban J connectivity index is 2.15. The summed E-state index contributed by atoms with van der Waals surface area (Å²) in [6.07, 6.45) is 8.62. The maximum Gasteiger partial charge on any atom is 0.225 e. The average Bonchev–Trinajstić information content (AvgIpc) is 2.20. The van der Waals surface area contributed by atoms with Crippen molar-refractivity contribution in [3.05, 3.63) is 29.6 Å². The molecule has 0 aromatic carbocycles. The molecule has 0 radical (unpaired) electrons. The van der Waals surface area contributed by atoms with Crippen molar-refractivity contribution < 1.29 is 0 Å². The molecule has 3 nitrogen and oxygen atoms in total. The molecule has 1 aromatic rings.